The number of aliphatic hydroxyl groups excluding tert-OH is 1. The molecule has 0 aliphatic carbocycles. The Labute approximate surface area is 152 Å². The molecule has 5 nitrogen and oxygen atoms in total. The lowest BCUT2D eigenvalue weighted by atomic mass is 9.84. The third-order valence-electron chi connectivity index (χ3n) is 4.16. The molecule has 3 aromatic rings. The molecule has 0 radical (unpaired) electrons. The molecule has 0 aliphatic heterocycles. The smallest absolute Gasteiger partial charge is 0.146 e. The Kier molecular flexibility index (Phi) is 4.75. The summed E-state index contributed by atoms with van der Waals surface area (Å²) < 4.78 is 0. The topological polar surface area (TPSA) is 71.2 Å². The molecule has 132 valence electrons. The van der Waals surface area contributed by atoms with Gasteiger partial charge in [0.15, 0.2) is 0 Å². The van der Waals surface area contributed by atoms with E-state index in [-0.39, 0.29) is 17.8 Å². The first-order valence-electron chi connectivity index (χ1n) is 8.33. The molecule has 0 fully saturated rings. The minimum Gasteiger partial charge on any atom is -0.505 e. The average molecular weight is 357 g/mol. The molecular weight excluding hydrogens is 334 g/mol. The molecule has 6 heteroatoms. The Bertz CT molecular complexity index is 913. The van der Waals surface area contributed by atoms with E-state index in [2.05, 4.69) is 43.6 Å². The highest BCUT2D eigenvalue weighted by Gasteiger charge is 2.23. The van der Waals surface area contributed by atoms with Crippen molar-refractivity contribution in [2.24, 2.45) is 0 Å². The monoisotopic (exact) mass is 357 g/mol. The summed E-state index contributed by atoms with van der Waals surface area (Å²) in [5.41, 5.74) is 3.69. The van der Waals surface area contributed by atoms with Crippen molar-refractivity contribution in [3.8, 4) is 11.4 Å². The first kappa shape index (κ1) is 17.8. The summed E-state index contributed by atoms with van der Waals surface area (Å²) in [6, 6.07) is 9.46. The van der Waals surface area contributed by atoms with Crippen LogP contribution in [-0.2, 0) is 11.8 Å². The van der Waals surface area contributed by atoms with E-state index in [1.807, 2.05) is 30.3 Å². The zero-order chi connectivity index (χ0) is 18.2. The fourth-order valence-corrected chi connectivity index (χ4v) is 3.04. The maximum Gasteiger partial charge on any atom is 0.146 e. The molecule has 0 spiro atoms. The van der Waals surface area contributed by atoms with Crippen molar-refractivity contribution in [1.82, 2.24) is 15.0 Å². The van der Waals surface area contributed by atoms with Crippen LogP contribution in [0, 0.1) is 0 Å². The number of aryl methyl sites for hydroxylation is 1. The van der Waals surface area contributed by atoms with Gasteiger partial charge >= 0.3 is 0 Å². The number of aliphatic hydroxyl groups is 1. The van der Waals surface area contributed by atoms with Crippen LogP contribution in [0.1, 0.15) is 38.3 Å². The molecule has 2 aromatic carbocycles. The second kappa shape index (κ2) is 6.69. The largest absolute Gasteiger partial charge is 0.505 e. The number of fused-ring (bicyclic) bond motifs is 1. The third-order valence-corrected chi connectivity index (χ3v) is 4.44. The zero-order valence-electron chi connectivity index (χ0n) is 14.7. The van der Waals surface area contributed by atoms with Crippen LogP contribution in [0.5, 0.6) is 5.75 Å². The molecule has 1 heterocycles. The van der Waals surface area contributed by atoms with E-state index in [1.165, 1.54) is 4.80 Å². The molecule has 0 atom stereocenters. The van der Waals surface area contributed by atoms with E-state index in [0.717, 1.165) is 33.5 Å². The maximum absolute atomic E-state index is 10.8. The van der Waals surface area contributed by atoms with Crippen LogP contribution in [0.4, 0.5) is 0 Å². The fourth-order valence-electron chi connectivity index (χ4n) is 2.84. The minimum absolute atomic E-state index is 0.135. The van der Waals surface area contributed by atoms with Gasteiger partial charge in [0, 0.05) is 17.1 Å². The lowest BCUT2D eigenvalue weighted by Gasteiger charge is -2.23. The highest BCUT2D eigenvalue weighted by atomic mass is 32.1. The number of hydrogen-bond donors (Lipinski definition) is 3. The number of phenolic OH excluding ortho intramolecular Hbond substituents is 1. The molecule has 25 heavy (non-hydrogen) atoms. The molecule has 0 unspecified atom stereocenters. The molecular formula is C19H23N3O2S. The van der Waals surface area contributed by atoms with Crippen LogP contribution in [0.25, 0.3) is 16.7 Å². The predicted octanol–water partition coefficient (Wildman–Crippen LogP) is 3.64. The number of thiol groups is 1. The summed E-state index contributed by atoms with van der Waals surface area (Å²) in [7, 11) is 0. The SMILES string of the molecule is CC(C)(C)c1cc(CCCO)cc(-n2nc3ccc(S)cc3n2)c1O. The average Bonchev–Trinajstić information content (AvgIpc) is 2.95. The number of nitrogens with zero attached hydrogens (tertiary/aromatic N) is 3. The minimum atomic E-state index is -0.223. The number of phenols is 1. The van der Waals surface area contributed by atoms with Gasteiger partial charge in [-0.25, -0.2) is 0 Å². The number of benzene rings is 2. The first-order chi connectivity index (χ1) is 11.8. The van der Waals surface area contributed by atoms with Crippen molar-refractivity contribution in [1.29, 1.82) is 0 Å². The zero-order valence-corrected chi connectivity index (χ0v) is 15.6. The summed E-state index contributed by atoms with van der Waals surface area (Å²) in [5, 5.41) is 29.0. The van der Waals surface area contributed by atoms with Gasteiger partial charge in [-0.05, 0) is 48.1 Å². The van der Waals surface area contributed by atoms with Gasteiger partial charge in [-0.3, -0.25) is 0 Å². The van der Waals surface area contributed by atoms with Gasteiger partial charge in [-0.15, -0.1) is 27.6 Å². The second-order valence-corrected chi connectivity index (χ2v) is 7.77. The van der Waals surface area contributed by atoms with Crippen molar-refractivity contribution < 1.29 is 10.2 Å². The molecule has 2 N–H and O–H groups in total. The summed E-state index contributed by atoms with van der Waals surface area (Å²) >= 11 is 4.34. The Balaban J connectivity index is 2.18. The van der Waals surface area contributed by atoms with Gasteiger partial charge in [-0.2, -0.15) is 0 Å². The molecule has 0 amide bonds. The quantitative estimate of drug-likeness (QED) is 0.624. The van der Waals surface area contributed by atoms with E-state index in [1.54, 1.807) is 0 Å². The van der Waals surface area contributed by atoms with E-state index < -0.39 is 0 Å². The Morgan fingerprint density at radius 3 is 2.48 bits per heavy atom. The summed E-state index contributed by atoms with van der Waals surface area (Å²) in [6.07, 6.45) is 1.40. The van der Waals surface area contributed by atoms with Gasteiger partial charge < -0.3 is 10.2 Å². The summed E-state index contributed by atoms with van der Waals surface area (Å²) in [4.78, 5) is 2.29. The normalized spacial score (nSPS) is 12.0. The molecule has 3 rings (SSSR count). The molecule has 0 saturated heterocycles. The van der Waals surface area contributed by atoms with Crippen LogP contribution in [-0.4, -0.2) is 31.8 Å². The van der Waals surface area contributed by atoms with Crippen molar-refractivity contribution in [3.63, 3.8) is 0 Å². The highest BCUT2D eigenvalue weighted by molar-refractivity contribution is 7.80. The Morgan fingerprint density at radius 1 is 1.08 bits per heavy atom. The lowest BCUT2D eigenvalue weighted by Crippen LogP contribution is -2.14. The van der Waals surface area contributed by atoms with Crippen molar-refractivity contribution in [3.05, 3.63) is 41.5 Å². The van der Waals surface area contributed by atoms with Gasteiger partial charge in [0.2, 0.25) is 0 Å². The molecule has 1 aromatic heterocycles. The van der Waals surface area contributed by atoms with Crippen molar-refractivity contribution in [2.45, 2.75) is 43.9 Å². The molecule has 0 bridgehead atoms. The predicted molar refractivity (Wildman–Crippen MR) is 102 cm³/mol. The first-order valence-corrected chi connectivity index (χ1v) is 8.78. The van der Waals surface area contributed by atoms with Gasteiger partial charge in [0.05, 0.1) is 0 Å². The second-order valence-electron chi connectivity index (χ2n) is 7.25. The lowest BCUT2D eigenvalue weighted by molar-refractivity contribution is 0.288. The van der Waals surface area contributed by atoms with E-state index in [4.69, 9.17) is 5.11 Å². The van der Waals surface area contributed by atoms with E-state index in [0.29, 0.717) is 12.1 Å². The van der Waals surface area contributed by atoms with Crippen LogP contribution >= 0.6 is 12.6 Å². The van der Waals surface area contributed by atoms with Crippen LogP contribution < -0.4 is 0 Å². The van der Waals surface area contributed by atoms with Gasteiger partial charge in [-0.1, -0.05) is 26.8 Å². The highest BCUT2D eigenvalue weighted by Crippen LogP contribution is 2.36. The van der Waals surface area contributed by atoms with Crippen molar-refractivity contribution >= 4 is 23.7 Å². The van der Waals surface area contributed by atoms with Crippen LogP contribution in [0.3, 0.4) is 0 Å². The van der Waals surface area contributed by atoms with E-state index in [9.17, 15) is 5.11 Å². The maximum atomic E-state index is 10.8. The number of rotatable bonds is 4. The number of aromatic nitrogens is 3. The van der Waals surface area contributed by atoms with Gasteiger partial charge in [0.25, 0.3) is 0 Å². The van der Waals surface area contributed by atoms with Crippen LogP contribution in [0.15, 0.2) is 35.2 Å². The molecule has 0 saturated carbocycles. The Morgan fingerprint density at radius 2 is 1.80 bits per heavy atom. The number of hydrogen-bond acceptors (Lipinski definition) is 5. The summed E-state index contributed by atoms with van der Waals surface area (Å²) in [5.74, 6) is 0.187. The third kappa shape index (κ3) is 3.65. The molecule has 0 aliphatic rings. The van der Waals surface area contributed by atoms with Crippen LogP contribution in [0.2, 0.25) is 0 Å². The Hall–Kier alpha value is -2.05. The van der Waals surface area contributed by atoms with E-state index >= 15 is 0 Å². The van der Waals surface area contributed by atoms with Gasteiger partial charge in [0.1, 0.15) is 22.5 Å². The summed E-state index contributed by atoms with van der Waals surface area (Å²) in [6.45, 7) is 6.31. The fraction of sp³-hybridized carbons (Fsp3) is 0.368. The number of aromatic hydroxyl groups is 1. The van der Waals surface area contributed by atoms with Crippen molar-refractivity contribution in [2.75, 3.05) is 6.61 Å². The standard InChI is InChI=1S/C19H23N3O2S/c1-19(2,3)14-9-12(5-4-8-23)10-17(18(14)24)22-20-15-7-6-13(25)11-16(15)21-22/h6-7,9-11,23-25H,4-5,8H2,1-3H3.